The second kappa shape index (κ2) is 10.5. The molecule has 0 nitrogen and oxygen atoms in total. The van der Waals surface area contributed by atoms with Crippen molar-refractivity contribution in [2.24, 2.45) is 0 Å². The number of rotatable bonds is 0. The molecule has 0 bridgehead atoms. The minimum atomic E-state index is -1.76. The first-order valence-electron chi connectivity index (χ1n) is 10.1. The fourth-order valence-electron chi connectivity index (χ4n) is 4.38. The monoisotopic (exact) mass is 514 g/mol. The quantitative estimate of drug-likeness (QED) is 0.286. The van der Waals surface area contributed by atoms with Gasteiger partial charge in [-0.05, 0) is 0 Å². The van der Waals surface area contributed by atoms with Crippen molar-refractivity contribution in [3.05, 3.63) is 47.5 Å². The Balaban J connectivity index is 0.000000157. The van der Waals surface area contributed by atoms with Crippen LogP contribution >= 0.6 is 17.0 Å². The molecule has 0 aliphatic carbocycles. The van der Waals surface area contributed by atoms with Gasteiger partial charge in [0, 0.05) is 16.1 Å². The second-order valence-electron chi connectivity index (χ2n) is 8.98. The molecule has 0 saturated carbocycles. The number of aryl methyl sites for hydroxylation is 2. The van der Waals surface area contributed by atoms with E-state index in [-0.39, 0.29) is 0 Å². The average Bonchev–Trinajstić information content (AvgIpc) is 3.25. The fraction of sp³-hybridized carbons (Fsp3) is 0.500. The average molecular weight is 517 g/mol. The van der Waals surface area contributed by atoms with Gasteiger partial charge < -0.3 is 0 Å². The largest absolute Gasteiger partial charge is 0.212 e. The first-order valence-corrected chi connectivity index (χ1v) is 24.3. The van der Waals surface area contributed by atoms with Gasteiger partial charge in [-0.3, -0.25) is 0 Å². The summed E-state index contributed by atoms with van der Waals surface area (Å²) in [6.07, 6.45) is 5.52. The van der Waals surface area contributed by atoms with Crippen molar-refractivity contribution < 1.29 is 18.9 Å². The fourth-order valence-corrected chi connectivity index (χ4v) is 10.3. The third-order valence-corrected chi connectivity index (χ3v) is 16.7. The smallest absolute Gasteiger partial charge is 0.00742 e. The molecule has 0 radical (unpaired) electrons. The molecule has 2 heterocycles. The number of hydrogen-bond acceptors (Lipinski definition) is 0. The van der Waals surface area contributed by atoms with E-state index < -0.39 is 35.0 Å². The molecule has 2 aliphatic heterocycles. The van der Waals surface area contributed by atoms with Gasteiger partial charge in [0.25, 0.3) is 0 Å². The van der Waals surface area contributed by atoms with Crippen molar-refractivity contribution in [2.45, 2.75) is 70.9 Å². The Morgan fingerprint density at radius 1 is 0.852 bits per heavy atom. The molecular weight excluding hydrogens is 483 g/mol. The summed E-state index contributed by atoms with van der Waals surface area (Å²) in [5, 5.41) is 3.45. The Morgan fingerprint density at radius 3 is 1.52 bits per heavy atom. The first-order chi connectivity index (χ1) is 12.7. The summed E-state index contributed by atoms with van der Waals surface area (Å²) in [5.74, 6) is 0. The number of hydrogen-bond donors (Lipinski definition) is 0. The number of fused-ring (bicyclic) bond motifs is 2. The summed E-state index contributed by atoms with van der Waals surface area (Å²) < 4.78 is 1.89. The van der Waals surface area contributed by atoms with Gasteiger partial charge in [0.2, 0.25) is 0 Å². The van der Waals surface area contributed by atoms with Crippen molar-refractivity contribution in [1.82, 2.24) is 0 Å². The van der Waals surface area contributed by atoms with Gasteiger partial charge in [-0.1, -0.05) is 64.0 Å². The van der Waals surface area contributed by atoms with E-state index in [1.165, 1.54) is 37.8 Å². The van der Waals surface area contributed by atoms with Gasteiger partial charge in [0.05, 0.1) is 0 Å². The molecule has 0 unspecified atom stereocenters. The zero-order valence-corrected chi connectivity index (χ0v) is 23.5. The predicted octanol–water partition coefficient (Wildman–Crippen LogP) is 6.27. The van der Waals surface area contributed by atoms with Crippen molar-refractivity contribution in [1.29, 1.82) is 0 Å². The molecule has 2 aromatic carbocycles. The van der Waals surface area contributed by atoms with Crippen LogP contribution in [-0.2, 0) is 31.7 Å². The standard InChI is InChI=1S/2C10H15Si.C2H4.2ClH.Zr/c2*1-11(2)8-4-6-9-5-3-7-10(9)11;1-2;;;/h2*3,5,7H,4,6,8H2,1-2H3;1H,2H3;2*1H;/q2*-1;;;;+2/p-2. The van der Waals surface area contributed by atoms with Gasteiger partial charge in [-0.2, -0.15) is 45.8 Å². The van der Waals surface area contributed by atoms with Crippen LogP contribution < -0.4 is 10.4 Å². The predicted molar refractivity (Wildman–Crippen MR) is 128 cm³/mol. The van der Waals surface area contributed by atoms with E-state index in [1.54, 1.807) is 21.5 Å². The zero-order chi connectivity index (χ0) is 20.1. The first kappa shape index (κ1) is 23.7. The van der Waals surface area contributed by atoms with Crippen LogP contribution in [0.25, 0.3) is 0 Å². The maximum absolute atomic E-state index is 5.37. The number of halogens is 2. The second-order valence-corrected chi connectivity index (χ2v) is 27.4. The van der Waals surface area contributed by atoms with Gasteiger partial charge in [0.1, 0.15) is 0 Å². The van der Waals surface area contributed by atoms with Crippen LogP contribution in [0.4, 0.5) is 0 Å². The van der Waals surface area contributed by atoms with Crippen LogP contribution in [0.5, 0.6) is 0 Å². The summed E-state index contributed by atoms with van der Waals surface area (Å²) in [4.78, 5) is 0. The molecule has 0 N–H and O–H groups in total. The maximum atomic E-state index is 5.37. The topological polar surface area (TPSA) is 0 Å². The minimum Gasteiger partial charge on any atom is -0.212 e. The Labute approximate surface area is 183 Å². The van der Waals surface area contributed by atoms with Gasteiger partial charge >= 0.3 is 46.5 Å². The SMILES string of the molecule is C[CH]=[Zr]([Cl])[Cl].C[Si]1(C)CCCc2[cH-]ccc21.C[Si]1(C)CCCc2[cH-]ccc21. The summed E-state index contributed by atoms with van der Waals surface area (Å²) in [6.45, 7) is 11.9. The molecule has 0 amide bonds. The minimum absolute atomic E-state index is 0.959. The van der Waals surface area contributed by atoms with Gasteiger partial charge in [-0.25, -0.2) is 12.1 Å². The molecule has 0 atom stereocenters. The Kier molecular flexibility index (Phi) is 9.22. The molecule has 2 aromatic rings. The van der Waals surface area contributed by atoms with Crippen molar-refractivity contribution in [3.8, 4) is 0 Å². The van der Waals surface area contributed by atoms with Crippen LogP contribution in [0.15, 0.2) is 36.4 Å². The summed E-state index contributed by atoms with van der Waals surface area (Å²) in [6, 6.07) is 16.7. The van der Waals surface area contributed by atoms with Gasteiger partial charge in [-0.15, -0.1) is 0 Å². The van der Waals surface area contributed by atoms with Crippen LogP contribution in [-0.4, -0.2) is 19.9 Å². The summed E-state index contributed by atoms with van der Waals surface area (Å²) >= 11 is -1.76. The van der Waals surface area contributed by atoms with E-state index in [0.717, 1.165) is 0 Å². The zero-order valence-electron chi connectivity index (χ0n) is 17.5. The summed E-state index contributed by atoms with van der Waals surface area (Å²) in [7, 11) is 8.82. The molecule has 2 aliphatic rings. The Hall–Kier alpha value is 0.467. The Bertz CT molecular complexity index is 696. The molecule has 5 heteroatoms. The maximum Gasteiger partial charge on any atom is 0.00742 e. The molecule has 0 aromatic heterocycles. The van der Waals surface area contributed by atoms with E-state index in [1.807, 2.05) is 10.6 Å². The third kappa shape index (κ3) is 6.74. The van der Waals surface area contributed by atoms with Crippen LogP contribution in [0, 0.1) is 0 Å². The van der Waals surface area contributed by atoms with E-state index in [4.69, 9.17) is 17.0 Å². The normalized spacial score (nSPS) is 18.6. The van der Waals surface area contributed by atoms with Gasteiger partial charge in [0.15, 0.2) is 0 Å². The third-order valence-electron chi connectivity index (χ3n) is 5.98. The van der Waals surface area contributed by atoms with E-state index >= 15 is 0 Å². The molecule has 0 saturated heterocycles. The Morgan fingerprint density at radius 2 is 1.22 bits per heavy atom. The van der Waals surface area contributed by atoms with Crippen LogP contribution in [0.2, 0.25) is 38.3 Å². The van der Waals surface area contributed by atoms with E-state index in [2.05, 4.69) is 62.6 Å². The molecule has 0 spiro atoms. The molecule has 0 fully saturated rings. The van der Waals surface area contributed by atoms with Crippen molar-refractivity contribution in [2.75, 3.05) is 0 Å². The van der Waals surface area contributed by atoms with Crippen molar-refractivity contribution in [3.63, 3.8) is 0 Å². The van der Waals surface area contributed by atoms with E-state index in [0.29, 0.717) is 0 Å². The van der Waals surface area contributed by atoms with Crippen LogP contribution in [0.3, 0.4) is 0 Å². The summed E-state index contributed by atoms with van der Waals surface area (Å²) in [5.41, 5.74) is 3.29. The van der Waals surface area contributed by atoms with Crippen LogP contribution in [0.1, 0.15) is 30.9 Å². The molecule has 150 valence electrons. The molecule has 27 heavy (non-hydrogen) atoms. The molecule has 4 rings (SSSR count). The van der Waals surface area contributed by atoms with E-state index in [9.17, 15) is 0 Å². The van der Waals surface area contributed by atoms with Crippen molar-refractivity contribution >= 4 is 47.3 Å². The molecular formula is C22H34Cl2Si2Zr-2.